The summed E-state index contributed by atoms with van der Waals surface area (Å²) in [5, 5.41) is 9.20. The second-order valence-electron chi connectivity index (χ2n) is 4.12. The minimum atomic E-state index is -0.265. The summed E-state index contributed by atoms with van der Waals surface area (Å²) in [6, 6.07) is 6.03. The number of anilines is 2. The van der Waals surface area contributed by atoms with E-state index in [1.54, 1.807) is 6.92 Å². The van der Waals surface area contributed by atoms with Crippen molar-refractivity contribution in [3.05, 3.63) is 23.8 Å². The molecule has 84 valence electrons. The van der Waals surface area contributed by atoms with E-state index in [1.165, 1.54) is 5.56 Å². The van der Waals surface area contributed by atoms with Crippen LogP contribution >= 0.6 is 0 Å². The highest BCUT2D eigenvalue weighted by atomic mass is 16.3. The van der Waals surface area contributed by atoms with Gasteiger partial charge < -0.3 is 15.7 Å². The number of nitrogens with two attached hydrogens (primary N) is 1. The minimum absolute atomic E-state index is 0.265. The average Bonchev–Trinajstić information content (AvgIpc) is 2.14. The van der Waals surface area contributed by atoms with Gasteiger partial charge in [-0.25, -0.2) is 0 Å². The van der Waals surface area contributed by atoms with Crippen molar-refractivity contribution < 1.29 is 5.11 Å². The second-order valence-corrected chi connectivity index (χ2v) is 4.12. The molecule has 15 heavy (non-hydrogen) atoms. The van der Waals surface area contributed by atoms with E-state index in [2.05, 4.69) is 4.90 Å². The van der Waals surface area contributed by atoms with Crippen LogP contribution in [0.15, 0.2) is 18.2 Å². The third-order valence-electron chi connectivity index (χ3n) is 2.48. The normalized spacial score (nSPS) is 12.5. The fourth-order valence-electron chi connectivity index (χ4n) is 1.52. The van der Waals surface area contributed by atoms with Crippen LogP contribution in [0.3, 0.4) is 0 Å². The Morgan fingerprint density at radius 1 is 1.47 bits per heavy atom. The number of benzene rings is 1. The van der Waals surface area contributed by atoms with Crippen LogP contribution in [0.4, 0.5) is 11.4 Å². The zero-order chi connectivity index (χ0) is 11.4. The van der Waals surface area contributed by atoms with Crippen molar-refractivity contribution in [2.24, 2.45) is 0 Å². The molecule has 3 N–H and O–H groups in total. The standard InChI is InChI=1S/C12H20N2O/c1-9-4-5-12(11(13)8-9)14(3)7-6-10(2)15/h4-5,8,10,15H,6-7,13H2,1-3H3. The van der Waals surface area contributed by atoms with Crippen LogP contribution in [-0.4, -0.2) is 24.8 Å². The molecule has 0 bridgehead atoms. The molecule has 0 saturated heterocycles. The maximum atomic E-state index is 9.20. The maximum Gasteiger partial charge on any atom is 0.0597 e. The van der Waals surface area contributed by atoms with E-state index in [0.717, 1.165) is 24.3 Å². The van der Waals surface area contributed by atoms with Crippen LogP contribution in [0.2, 0.25) is 0 Å². The van der Waals surface area contributed by atoms with Gasteiger partial charge in [0, 0.05) is 13.6 Å². The Labute approximate surface area is 91.5 Å². The first-order valence-corrected chi connectivity index (χ1v) is 5.26. The van der Waals surface area contributed by atoms with Gasteiger partial charge in [-0.05, 0) is 38.0 Å². The van der Waals surface area contributed by atoms with Crippen LogP contribution < -0.4 is 10.6 Å². The molecule has 0 radical (unpaired) electrons. The molecule has 0 aromatic heterocycles. The van der Waals surface area contributed by atoms with E-state index in [4.69, 9.17) is 5.73 Å². The van der Waals surface area contributed by atoms with Crippen LogP contribution in [0.5, 0.6) is 0 Å². The van der Waals surface area contributed by atoms with Crippen molar-refractivity contribution in [1.29, 1.82) is 0 Å². The molecule has 1 rings (SSSR count). The number of aliphatic hydroxyl groups excluding tert-OH is 1. The van der Waals surface area contributed by atoms with Crippen molar-refractivity contribution in [2.75, 3.05) is 24.2 Å². The van der Waals surface area contributed by atoms with Crippen molar-refractivity contribution in [3.63, 3.8) is 0 Å². The Kier molecular flexibility index (Phi) is 3.97. The number of hydrogen-bond acceptors (Lipinski definition) is 3. The van der Waals surface area contributed by atoms with Crippen LogP contribution in [0.25, 0.3) is 0 Å². The summed E-state index contributed by atoms with van der Waals surface area (Å²) in [5.41, 5.74) is 8.91. The summed E-state index contributed by atoms with van der Waals surface area (Å²) in [7, 11) is 1.99. The van der Waals surface area contributed by atoms with Gasteiger partial charge in [-0.3, -0.25) is 0 Å². The molecule has 0 aliphatic heterocycles. The van der Waals surface area contributed by atoms with E-state index in [-0.39, 0.29) is 6.10 Å². The van der Waals surface area contributed by atoms with E-state index in [0.29, 0.717) is 0 Å². The molecule has 1 unspecified atom stereocenters. The van der Waals surface area contributed by atoms with Gasteiger partial charge in [0.05, 0.1) is 17.5 Å². The molecule has 1 atom stereocenters. The summed E-state index contributed by atoms with van der Waals surface area (Å²) in [6.07, 6.45) is 0.489. The Morgan fingerprint density at radius 3 is 2.67 bits per heavy atom. The Bertz CT molecular complexity index is 323. The first-order valence-electron chi connectivity index (χ1n) is 5.26. The predicted octanol–water partition coefficient (Wildman–Crippen LogP) is 1.78. The third kappa shape index (κ3) is 3.44. The molecule has 3 heteroatoms. The summed E-state index contributed by atoms with van der Waals surface area (Å²) >= 11 is 0. The van der Waals surface area contributed by atoms with Crippen LogP contribution in [0, 0.1) is 6.92 Å². The molecule has 0 aliphatic rings. The van der Waals surface area contributed by atoms with Gasteiger partial charge in [0.1, 0.15) is 0 Å². The highest BCUT2D eigenvalue weighted by molar-refractivity contribution is 5.68. The van der Waals surface area contributed by atoms with Crippen molar-refractivity contribution in [3.8, 4) is 0 Å². The minimum Gasteiger partial charge on any atom is -0.397 e. The largest absolute Gasteiger partial charge is 0.397 e. The number of nitrogen functional groups attached to an aromatic ring is 1. The Hall–Kier alpha value is -1.22. The molecule has 0 spiro atoms. The molecular weight excluding hydrogens is 188 g/mol. The highest BCUT2D eigenvalue weighted by Gasteiger charge is 2.06. The van der Waals surface area contributed by atoms with Gasteiger partial charge in [0.2, 0.25) is 0 Å². The van der Waals surface area contributed by atoms with Gasteiger partial charge in [0.15, 0.2) is 0 Å². The highest BCUT2D eigenvalue weighted by Crippen LogP contribution is 2.23. The molecule has 1 aromatic carbocycles. The lowest BCUT2D eigenvalue weighted by Crippen LogP contribution is -2.22. The SMILES string of the molecule is Cc1ccc(N(C)CCC(C)O)c(N)c1. The molecule has 0 fully saturated rings. The molecule has 0 aliphatic carbocycles. The molecule has 0 heterocycles. The predicted molar refractivity (Wildman–Crippen MR) is 65.2 cm³/mol. The number of rotatable bonds is 4. The fraction of sp³-hybridized carbons (Fsp3) is 0.500. The zero-order valence-corrected chi connectivity index (χ0v) is 9.70. The van der Waals surface area contributed by atoms with Gasteiger partial charge in [0.25, 0.3) is 0 Å². The zero-order valence-electron chi connectivity index (χ0n) is 9.70. The molecule has 0 amide bonds. The lowest BCUT2D eigenvalue weighted by atomic mass is 10.1. The Balaban J connectivity index is 2.69. The second kappa shape index (κ2) is 5.03. The topological polar surface area (TPSA) is 49.5 Å². The Morgan fingerprint density at radius 2 is 2.13 bits per heavy atom. The van der Waals surface area contributed by atoms with Gasteiger partial charge in [-0.1, -0.05) is 6.07 Å². The summed E-state index contributed by atoms with van der Waals surface area (Å²) in [6.45, 7) is 4.63. The number of aliphatic hydroxyl groups is 1. The number of aryl methyl sites for hydroxylation is 1. The molecule has 3 nitrogen and oxygen atoms in total. The smallest absolute Gasteiger partial charge is 0.0597 e. The van der Waals surface area contributed by atoms with E-state index < -0.39 is 0 Å². The van der Waals surface area contributed by atoms with Crippen molar-refractivity contribution in [2.45, 2.75) is 26.4 Å². The maximum absolute atomic E-state index is 9.20. The van der Waals surface area contributed by atoms with E-state index >= 15 is 0 Å². The third-order valence-corrected chi connectivity index (χ3v) is 2.48. The summed E-state index contributed by atoms with van der Waals surface area (Å²) < 4.78 is 0. The fourth-order valence-corrected chi connectivity index (χ4v) is 1.52. The van der Waals surface area contributed by atoms with E-state index in [1.807, 2.05) is 32.2 Å². The van der Waals surface area contributed by atoms with Gasteiger partial charge >= 0.3 is 0 Å². The first kappa shape index (κ1) is 11.9. The van der Waals surface area contributed by atoms with Gasteiger partial charge in [-0.2, -0.15) is 0 Å². The van der Waals surface area contributed by atoms with Crippen molar-refractivity contribution >= 4 is 11.4 Å². The van der Waals surface area contributed by atoms with Crippen LogP contribution in [-0.2, 0) is 0 Å². The van der Waals surface area contributed by atoms with Crippen LogP contribution in [0.1, 0.15) is 18.9 Å². The quantitative estimate of drug-likeness (QED) is 0.742. The lowest BCUT2D eigenvalue weighted by molar-refractivity contribution is 0.187. The van der Waals surface area contributed by atoms with E-state index in [9.17, 15) is 5.11 Å². The molecule has 1 aromatic rings. The number of nitrogens with zero attached hydrogens (tertiary/aromatic N) is 1. The molecule has 0 saturated carbocycles. The lowest BCUT2D eigenvalue weighted by Gasteiger charge is -2.22. The van der Waals surface area contributed by atoms with Crippen molar-refractivity contribution in [1.82, 2.24) is 0 Å². The summed E-state index contributed by atoms with van der Waals surface area (Å²) in [5.74, 6) is 0. The monoisotopic (exact) mass is 208 g/mol. The molecular formula is C12H20N2O. The summed E-state index contributed by atoms with van der Waals surface area (Å²) in [4.78, 5) is 2.07. The first-order chi connectivity index (χ1) is 7.00. The average molecular weight is 208 g/mol. The van der Waals surface area contributed by atoms with Gasteiger partial charge in [-0.15, -0.1) is 0 Å². The number of hydrogen-bond donors (Lipinski definition) is 2.